The summed E-state index contributed by atoms with van der Waals surface area (Å²) in [5.41, 5.74) is 0. The molecule has 1 aromatic heterocycles. The number of hydrogen-bond donors (Lipinski definition) is 2. The van der Waals surface area contributed by atoms with E-state index in [0.717, 1.165) is 62.9 Å². The summed E-state index contributed by atoms with van der Waals surface area (Å²) in [6.07, 6.45) is 1.22. The molecule has 0 radical (unpaired) electrons. The molecule has 24 heavy (non-hydrogen) atoms. The third-order valence-corrected chi connectivity index (χ3v) is 4.82. The molecule has 2 heterocycles. The molecule has 0 aromatic carbocycles. The Balaban J connectivity index is 1.51. The van der Waals surface area contributed by atoms with E-state index in [0.29, 0.717) is 12.6 Å². The van der Waals surface area contributed by atoms with Crippen molar-refractivity contribution in [1.29, 1.82) is 0 Å². The Kier molecular flexibility index (Phi) is 5.68. The predicted octanol–water partition coefficient (Wildman–Crippen LogP) is -0.101. The topological polar surface area (TPSA) is 79.6 Å². The van der Waals surface area contributed by atoms with Crippen molar-refractivity contribution in [2.75, 3.05) is 39.4 Å². The van der Waals surface area contributed by atoms with E-state index in [1.807, 2.05) is 18.5 Å². The number of nitrogens with one attached hydrogen (secondary N) is 2. The average molecular weight is 335 g/mol. The first-order valence-corrected chi connectivity index (χ1v) is 8.83. The Bertz CT molecular complexity index is 565. The van der Waals surface area contributed by atoms with Crippen LogP contribution in [0.25, 0.3) is 0 Å². The Morgan fingerprint density at radius 1 is 1.33 bits per heavy atom. The largest absolute Gasteiger partial charge is 0.379 e. The summed E-state index contributed by atoms with van der Waals surface area (Å²) in [5.74, 6) is 3.39. The molecule has 0 bridgehead atoms. The molecule has 134 valence electrons. The van der Waals surface area contributed by atoms with Crippen LogP contribution in [0.5, 0.6) is 0 Å². The summed E-state index contributed by atoms with van der Waals surface area (Å²) >= 11 is 0. The lowest BCUT2D eigenvalue weighted by molar-refractivity contribution is 0.0389. The van der Waals surface area contributed by atoms with Crippen molar-refractivity contribution in [3.8, 4) is 0 Å². The second-order valence-corrected chi connectivity index (χ2v) is 6.73. The van der Waals surface area contributed by atoms with Gasteiger partial charge in [0, 0.05) is 39.3 Å². The number of guanidine groups is 1. The summed E-state index contributed by atoms with van der Waals surface area (Å²) in [5, 5.41) is 15.2. The van der Waals surface area contributed by atoms with Crippen LogP contribution in [0.15, 0.2) is 4.99 Å². The maximum Gasteiger partial charge on any atom is 0.191 e. The van der Waals surface area contributed by atoms with Crippen LogP contribution in [0, 0.1) is 12.8 Å². The number of aryl methyl sites for hydroxylation is 1. The fourth-order valence-electron chi connectivity index (χ4n) is 2.75. The van der Waals surface area contributed by atoms with E-state index in [4.69, 9.17) is 9.73 Å². The third-order valence-electron chi connectivity index (χ3n) is 4.82. The average Bonchev–Trinajstić information content (AvgIpc) is 3.19. The van der Waals surface area contributed by atoms with Crippen LogP contribution in [0.4, 0.5) is 0 Å². The van der Waals surface area contributed by atoms with Crippen LogP contribution < -0.4 is 10.6 Å². The fourth-order valence-corrected chi connectivity index (χ4v) is 2.75. The van der Waals surface area contributed by atoms with Crippen LogP contribution >= 0.6 is 0 Å². The monoisotopic (exact) mass is 335 g/mol. The lowest BCUT2D eigenvalue weighted by Gasteiger charge is -2.26. The summed E-state index contributed by atoms with van der Waals surface area (Å²) in [4.78, 5) is 7.11. The van der Waals surface area contributed by atoms with E-state index in [-0.39, 0.29) is 0 Å². The highest BCUT2D eigenvalue weighted by atomic mass is 16.5. The van der Waals surface area contributed by atoms with Crippen LogP contribution in [0.1, 0.15) is 25.0 Å². The van der Waals surface area contributed by atoms with E-state index in [2.05, 4.69) is 32.7 Å². The summed E-state index contributed by atoms with van der Waals surface area (Å²) in [7, 11) is 1.97. The van der Waals surface area contributed by atoms with Gasteiger partial charge in [-0.3, -0.25) is 4.90 Å². The van der Waals surface area contributed by atoms with Crippen LogP contribution in [0.2, 0.25) is 0 Å². The van der Waals surface area contributed by atoms with Crippen LogP contribution in [0.3, 0.4) is 0 Å². The van der Waals surface area contributed by atoms with Gasteiger partial charge in [-0.05, 0) is 19.3 Å². The highest BCUT2D eigenvalue weighted by Gasteiger charge is 2.33. The molecule has 8 heteroatoms. The summed E-state index contributed by atoms with van der Waals surface area (Å²) < 4.78 is 7.37. The van der Waals surface area contributed by atoms with Gasteiger partial charge in [0.1, 0.15) is 12.4 Å². The zero-order valence-corrected chi connectivity index (χ0v) is 15.0. The van der Waals surface area contributed by atoms with Crippen molar-refractivity contribution in [1.82, 2.24) is 30.3 Å². The summed E-state index contributed by atoms with van der Waals surface area (Å²) in [6, 6.07) is 0.542. The van der Waals surface area contributed by atoms with Crippen molar-refractivity contribution in [2.24, 2.45) is 18.0 Å². The van der Waals surface area contributed by atoms with Crippen molar-refractivity contribution in [2.45, 2.75) is 32.9 Å². The van der Waals surface area contributed by atoms with Gasteiger partial charge in [-0.15, -0.1) is 10.2 Å². The molecule has 0 spiro atoms. The highest BCUT2D eigenvalue weighted by molar-refractivity contribution is 5.80. The van der Waals surface area contributed by atoms with Gasteiger partial charge < -0.3 is 19.9 Å². The quantitative estimate of drug-likeness (QED) is 0.558. The summed E-state index contributed by atoms with van der Waals surface area (Å²) in [6.45, 7) is 10.3. The molecule has 3 rings (SSSR count). The number of rotatable bonds is 6. The number of ether oxygens (including phenoxy) is 1. The zero-order valence-electron chi connectivity index (χ0n) is 15.0. The molecule has 1 aromatic rings. The molecule has 1 saturated heterocycles. The number of aromatic nitrogens is 3. The minimum atomic E-state index is 0.533. The van der Waals surface area contributed by atoms with Gasteiger partial charge >= 0.3 is 0 Å². The van der Waals surface area contributed by atoms with Gasteiger partial charge in [-0.2, -0.15) is 0 Å². The Hall–Kier alpha value is -1.67. The third kappa shape index (κ3) is 4.67. The lowest BCUT2D eigenvalue weighted by atomic mass is 10.4. The van der Waals surface area contributed by atoms with E-state index in [1.54, 1.807) is 0 Å². The second-order valence-electron chi connectivity index (χ2n) is 6.73. The highest BCUT2D eigenvalue weighted by Crippen LogP contribution is 2.28. The minimum absolute atomic E-state index is 0.533. The Morgan fingerprint density at radius 2 is 2.08 bits per heavy atom. The van der Waals surface area contributed by atoms with Crippen LogP contribution in [-0.2, 0) is 18.3 Å². The molecule has 0 amide bonds. The number of aliphatic imine (C=N–C) groups is 1. The van der Waals surface area contributed by atoms with Gasteiger partial charge in [0.15, 0.2) is 11.8 Å². The Morgan fingerprint density at radius 3 is 2.71 bits per heavy atom. The molecule has 2 N–H and O–H groups in total. The smallest absolute Gasteiger partial charge is 0.191 e. The number of morpholine rings is 1. The first kappa shape index (κ1) is 17.2. The zero-order chi connectivity index (χ0) is 16.9. The number of hydrogen-bond acceptors (Lipinski definition) is 5. The molecule has 8 nitrogen and oxygen atoms in total. The van der Waals surface area contributed by atoms with E-state index >= 15 is 0 Å². The maximum absolute atomic E-state index is 5.39. The van der Waals surface area contributed by atoms with Crippen molar-refractivity contribution in [3.63, 3.8) is 0 Å². The molecule has 1 aliphatic heterocycles. The molecule has 2 unspecified atom stereocenters. The van der Waals surface area contributed by atoms with Crippen molar-refractivity contribution >= 4 is 5.96 Å². The van der Waals surface area contributed by atoms with Crippen LogP contribution in [-0.4, -0.2) is 71.1 Å². The molecule has 2 aliphatic rings. The maximum atomic E-state index is 5.39. The van der Waals surface area contributed by atoms with E-state index < -0.39 is 0 Å². The molecule has 2 atom stereocenters. The van der Waals surface area contributed by atoms with Gasteiger partial charge in [0.25, 0.3) is 0 Å². The Labute approximate surface area is 143 Å². The van der Waals surface area contributed by atoms with Gasteiger partial charge in [-0.25, -0.2) is 4.99 Å². The second kappa shape index (κ2) is 7.94. The number of nitrogens with zero attached hydrogens (tertiary/aromatic N) is 5. The fraction of sp³-hybridized carbons (Fsp3) is 0.812. The van der Waals surface area contributed by atoms with Gasteiger partial charge in [0.2, 0.25) is 0 Å². The standard InChI is InChI=1S/C16H29N7O/c1-12-10-14(12)19-16(17-4-5-23-6-8-24-9-7-23)18-11-15-21-20-13(2)22(15)3/h12,14H,4-11H2,1-3H3,(H2,17,18,19). The predicted molar refractivity (Wildman–Crippen MR) is 92.8 cm³/mol. The molecule has 1 aliphatic carbocycles. The molecule has 2 fully saturated rings. The lowest BCUT2D eigenvalue weighted by Crippen LogP contribution is -2.45. The molecule has 1 saturated carbocycles. The van der Waals surface area contributed by atoms with Crippen molar-refractivity contribution < 1.29 is 4.74 Å². The van der Waals surface area contributed by atoms with Gasteiger partial charge in [-0.1, -0.05) is 6.92 Å². The SMILES string of the molecule is Cc1nnc(CN=C(NCCN2CCOCC2)NC2CC2C)n1C. The minimum Gasteiger partial charge on any atom is -0.379 e. The first-order chi connectivity index (χ1) is 11.6. The van der Waals surface area contributed by atoms with E-state index in [9.17, 15) is 0 Å². The normalized spacial score (nSPS) is 24.9. The van der Waals surface area contributed by atoms with Crippen molar-refractivity contribution in [3.05, 3.63) is 11.6 Å². The van der Waals surface area contributed by atoms with Gasteiger partial charge in [0.05, 0.1) is 13.2 Å². The van der Waals surface area contributed by atoms with E-state index in [1.165, 1.54) is 6.42 Å². The molecular formula is C16H29N7O. The molecular weight excluding hydrogens is 306 g/mol. The first-order valence-electron chi connectivity index (χ1n) is 8.83.